The van der Waals surface area contributed by atoms with E-state index >= 15 is 0 Å². The Bertz CT molecular complexity index is 1130. The first-order chi connectivity index (χ1) is 32.0. The first kappa shape index (κ1) is 65.0. The van der Waals surface area contributed by atoms with Crippen molar-refractivity contribution in [3.8, 4) is 0 Å². The van der Waals surface area contributed by atoms with Gasteiger partial charge in [0, 0.05) is 6.42 Å². The predicted molar refractivity (Wildman–Crippen MR) is 286 cm³/mol. The summed E-state index contributed by atoms with van der Waals surface area (Å²) in [5.41, 5.74) is 0. The zero-order chi connectivity index (χ0) is 48.5. The van der Waals surface area contributed by atoms with Gasteiger partial charge in [-0.2, -0.15) is 0 Å². The van der Waals surface area contributed by atoms with Crippen molar-refractivity contribution in [2.45, 2.75) is 296 Å². The molecule has 0 heterocycles. The molecule has 8 nitrogen and oxygen atoms in total. The van der Waals surface area contributed by atoms with Crippen LogP contribution >= 0.6 is 7.82 Å². The maximum atomic E-state index is 12.9. The third-order valence-electron chi connectivity index (χ3n) is 13.2. The topological polar surface area (TPSA) is 105 Å². The molecule has 1 amide bonds. The number of hydrogen-bond donors (Lipinski definition) is 3. The maximum absolute atomic E-state index is 12.9. The van der Waals surface area contributed by atoms with E-state index in [9.17, 15) is 19.4 Å². The number of likely N-dealkylation sites (N-methyl/N-ethyl adjacent to an activating group) is 1. The summed E-state index contributed by atoms with van der Waals surface area (Å²) < 4.78 is 23.7. The Kier molecular flexibility index (Phi) is 48.2. The van der Waals surface area contributed by atoms with Gasteiger partial charge in [-0.1, -0.05) is 256 Å². The first-order valence-corrected chi connectivity index (χ1v) is 30.2. The van der Waals surface area contributed by atoms with Crippen LogP contribution in [0.25, 0.3) is 0 Å². The number of rotatable bonds is 53. The second-order valence-electron chi connectivity index (χ2n) is 21.0. The van der Waals surface area contributed by atoms with Crippen molar-refractivity contribution in [1.29, 1.82) is 0 Å². The molecule has 3 N–H and O–H groups in total. The Morgan fingerprint density at radius 2 is 0.864 bits per heavy atom. The Labute approximate surface area is 411 Å². The van der Waals surface area contributed by atoms with Gasteiger partial charge in [0.2, 0.25) is 5.91 Å². The quantitative estimate of drug-likeness (QED) is 0.0243. The van der Waals surface area contributed by atoms with Gasteiger partial charge in [0.1, 0.15) is 13.2 Å². The van der Waals surface area contributed by atoms with E-state index in [0.29, 0.717) is 23.9 Å². The van der Waals surface area contributed by atoms with E-state index in [1.807, 2.05) is 21.1 Å². The lowest BCUT2D eigenvalue weighted by Gasteiger charge is -2.26. The molecule has 0 saturated carbocycles. The number of allylic oxidation sites excluding steroid dienone is 4. The predicted octanol–water partition coefficient (Wildman–Crippen LogP) is 17.2. The summed E-state index contributed by atoms with van der Waals surface area (Å²) in [6.07, 6.45) is 61.1. The molecular formula is C57H114N2O6P+. The summed E-state index contributed by atoms with van der Waals surface area (Å²) in [6, 6.07) is -0.757. The van der Waals surface area contributed by atoms with E-state index in [2.05, 4.69) is 43.5 Å². The van der Waals surface area contributed by atoms with Crippen LogP contribution in [0.5, 0.6) is 0 Å². The summed E-state index contributed by atoms with van der Waals surface area (Å²) >= 11 is 0. The molecule has 0 saturated heterocycles. The first-order valence-electron chi connectivity index (χ1n) is 28.7. The lowest BCUT2D eigenvalue weighted by Crippen LogP contribution is -2.46. The molecule has 3 atom stereocenters. The Morgan fingerprint density at radius 3 is 1.24 bits per heavy atom. The summed E-state index contributed by atoms with van der Waals surface area (Å²) in [5.74, 6) is -0.142. The van der Waals surface area contributed by atoms with Gasteiger partial charge >= 0.3 is 7.82 Å². The SMILES string of the molecule is CCCCCCCCCCC/C=C\C/C=C\CCCCCCCCCCCCCCCCCCCC(=O)NC(COP(=O)(O)OCC[N+](C)(C)C)C(O)CCCCCCCCCCCCC. The number of aliphatic hydroxyl groups excluding tert-OH is 1. The minimum atomic E-state index is -4.31. The average molecular weight is 955 g/mol. The minimum Gasteiger partial charge on any atom is -0.391 e. The van der Waals surface area contributed by atoms with Gasteiger partial charge in [0.25, 0.3) is 0 Å². The van der Waals surface area contributed by atoms with Crippen LogP contribution in [0, 0.1) is 0 Å². The fourth-order valence-corrected chi connectivity index (χ4v) is 9.40. The zero-order valence-corrected chi connectivity index (χ0v) is 45.6. The number of aliphatic hydroxyl groups is 1. The molecule has 9 heteroatoms. The molecule has 0 aliphatic rings. The van der Waals surface area contributed by atoms with Gasteiger partial charge in [-0.3, -0.25) is 13.8 Å². The van der Waals surface area contributed by atoms with E-state index in [4.69, 9.17) is 9.05 Å². The molecule has 0 aromatic rings. The van der Waals surface area contributed by atoms with Gasteiger partial charge in [-0.05, 0) is 44.9 Å². The van der Waals surface area contributed by atoms with Crippen LogP contribution in [-0.2, 0) is 18.4 Å². The lowest BCUT2D eigenvalue weighted by molar-refractivity contribution is -0.870. The highest BCUT2D eigenvalue weighted by Gasteiger charge is 2.28. The summed E-state index contributed by atoms with van der Waals surface area (Å²) in [4.78, 5) is 23.2. The van der Waals surface area contributed by atoms with Crippen LogP contribution in [-0.4, -0.2) is 73.4 Å². The van der Waals surface area contributed by atoms with Crippen molar-refractivity contribution >= 4 is 13.7 Å². The molecule has 0 bridgehead atoms. The number of quaternary nitrogens is 1. The van der Waals surface area contributed by atoms with Crippen LogP contribution < -0.4 is 5.32 Å². The standard InChI is InChI=1S/C57H113N2O6P/c1-6-8-10-12-14-16-18-19-20-21-22-23-24-25-26-27-28-29-30-31-32-33-34-35-36-37-38-39-41-43-45-47-49-51-57(61)58-55(54-65-66(62,63)64-53-52-59(3,4)5)56(60)50-48-46-44-42-40-17-15-13-11-9-7-2/h22-23,25-26,55-56,60H,6-21,24,27-54H2,1-5H3,(H-,58,61,62,63)/p+1/b23-22-,26-25-. The van der Waals surface area contributed by atoms with Crippen LogP contribution in [0.15, 0.2) is 24.3 Å². The van der Waals surface area contributed by atoms with E-state index in [-0.39, 0.29) is 19.1 Å². The summed E-state index contributed by atoms with van der Waals surface area (Å²) in [5, 5.41) is 14.0. The number of nitrogens with one attached hydrogen (secondary N) is 1. The number of amides is 1. The fraction of sp³-hybridized carbons (Fsp3) is 0.912. The van der Waals surface area contributed by atoms with Crippen LogP contribution in [0.3, 0.4) is 0 Å². The van der Waals surface area contributed by atoms with Crippen molar-refractivity contribution in [1.82, 2.24) is 5.32 Å². The molecule has 0 radical (unpaired) electrons. The third kappa shape index (κ3) is 50.8. The van der Waals surface area contributed by atoms with Crippen molar-refractivity contribution in [3.05, 3.63) is 24.3 Å². The summed E-state index contributed by atoms with van der Waals surface area (Å²) in [7, 11) is 1.62. The Balaban J connectivity index is 3.94. The van der Waals surface area contributed by atoms with Crippen LogP contribution in [0.4, 0.5) is 0 Å². The lowest BCUT2D eigenvalue weighted by atomic mass is 10.0. The Morgan fingerprint density at radius 1 is 0.515 bits per heavy atom. The fourth-order valence-electron chi connectivity index (χ4n) is 8.67. The second kappa shape index (κ2) is 49.0. The molecule has 392 valence electrons. The molecule has 0 rings (SSSR count). The zero-order valence-electron chi connectivity index (χ0n) is 44.7. The smallest absolute Gasteiger partial charge is 0.391 e. The van der Waals surface area contributed by atoms with Gasteiger partial charge in [0.05, 0.1) is 39.9 Å². The maximum Gasteiger partial charge on any atom is 0.472 e. The van der Waals surface area contributed by atoms with Crippen LogP contribution in [0.1, 0.15) is 284 Å². The molecule has 0 aromatic carbocycles. The second-order valence-corrected chi connectivity index (χ2v) is 22.5. The van der Waals surface area contributed by atoms with Crippen molar-refractivity contribution in [2.75, 3.05) is 40.9 Å². The molecule has 0 spiro atoms. The normalized spacial score (nSPS) is 14.1. The molecule has 0 aliphatic heterocycles. The van der Waals surface area contributed by atoms with Gasteiger partial charge < -0.3 is 19.8 Å². The third-order valence-corrected chi connectivity index (χ3v) is 14.2. The van der Waals surface area contributed by atoms with Crippen LogP contribution in [0.2, 0.25) is 0 Å². The number of carbonyl (C=O) groups is 1. The monoisotopic (exact) mass is 954 g/mol. The summed E-state index contributed by atoms with van der Waals surface area (Å²) in [6.45, 7) is 4.90. The molecule has 66 heavy (non-hydrogen) atoms. The van der Waals surface area contributed by atoms with Crippen molar-refractivity contribution < 1.29 is 32.9 Å². The van der Waals surface area contributed by atoms with E-state index in [0.717, 1.165) is 44.9 Å². The van der Waals surface area contributed by atoms with Gasteiger partial charge in [-0.25, -0.2) is 4.57 Å². The number of phosphoric ester groups is 1. The highest BCUT2D eigenvalue weighted by molar-refractivity contribution is 7.47. The average Bonchev–Trinajstić information content (AvgIpc) is 3.28. The largest absolute Gasteiger partial charge is 0.472 e. The number of phosphoric acid groups is 1. The number of nitrogens with zero attached hydrogens (tertiary/aromatic N) is 1. The number of unbranched alkanes of at least 4 members (excludes halogenated alkanes) is 36. The van der Waals surface area contributed by atoms with Gasteiger partial charge in [-0.15, -0.1) is 0 Å². The molecular weight excluding hydrogens is 840 g/mol. The van der Waals surface area contributed by atoms with Crippen molar-refractivity contribution in [2.24, 2.45) is 0 Å². The number of carbonyl (C=O) groups excluding carboxylic acids is 1. The van der Waals surface area contributed by atoms with E-state index in [1.165, 1.54) is 212 Å². The highest BCUT2D eigenvalue weighted by Crippen LogP contribution is 2.43. The van der Waals surface area contributed by atoms with Crippen molar-refractivity contribution in [3.63, 3.8) is 0 Å². The molecule has 3 unspecified atom stereocenters. The number of hydrogen-bond acceptors (Lipinski definition) is 5. The minimum absolute atomic E-state index is 0.0765. The molecule has 0 fully saturated rings. The van der Waals surface area contributed by atoms with E-state index < -0.39 is 20.0 Å². The van der Waals surface area contributed by atoms with Gasteiger partial charge in [0.15, 0.2) is 0 Å². The van der Waals surface area contributed by atoms with E-state index in [1.54, 1.807) is 0 Å². The highest BCUT2D eigenvalue weighted by atomic mass is 31.2. The molecule has 0 aromatic heterocycles. The Hall–Kier alpha value is -1.02. The molecule has 0 aliphatic carbocycles.